The summed E-state index contributed by atoms with van der Waals surface area (Å²) in [6.07, 6.45) is 1.33. The van der Waals surface area contributed by atoms with Crippen molar-refractivity contribution in [3.8, 4) is 5.75 Å². The molecule has 0 radical (unpaired) electrons. The van der Waals surface area contributed by atoms with Gasteiger partial charge in [0, 0.05) is 37.5 Å². The molecule has 10 heteroatoms. The number of hydrogen-bond acceptors (Lipinski definition) is 5. The molecule has 3 aromatic rings. The zero-order valence-corrected chi connectivity index (χ0v) is 19.2. The Labute approximate surface area is 205 Å². The highest BCUT2D eigenvalue weighted by Crippen LogP contribution is 2.29. The van der Waals surface area contributed by atoms with Crippen molar-refractivity contribution < 1.29 is 27.8 Å². The minimum Gasteiger partial charge on any atom is -0.483 e. The summed E-state index contributed by atoms with van der Waals surface area (Å²) < 4.78 is 40.3. The molecule has 0 unspecified atom stereocenters. The Morgan fingerprint density at radius 1 is 1.14 bits per heavy atom. The van der Waals surface area contributed by atoms with Gasteiger partial charge < -0.3 is 24.3 Å². The molecule has 0 saturated carbocycles. The molecule has 2 aliphatic rings. The van der Waals surface area contributed by atoms with Gasteiger partial charge in [-0.05, 0) is 11.6 Å². The molecule has 1 N–H and O–H groups in total. The Balaban J connectivity index is 1.52. The molecule has 0 aliphatic carbocycles. The summed E-state index contributed by atoms with van der Waals surface area (Å²) in [6.45, 7) is 1.16. The fourth-order valence-electron chi connectivity index (χ4n) is 4.36. The molecule has 36 heavy (non-hydrogen) atoms. The lowest BCUT2D eigenvalue weighted by atomic mass is 10.1. The van der Waals surface area contributed by atoms with E-state index in [1.807, 2.05) is 30.3 Å². The number of amides is 2. The van der Waals surface area contributed by atoms with Crippen LogP contribution in [-0.4, -0.2) is 47.6 Å². The first-order valence-electron chi connectivity index (χ1n) is 11.5. The number of halogens is 2. The van der Waals surface area contributed by atoms with Crippen LogP contribution in [0.1, 0.15) is 38.0 Å². The molecular weight excluding hydrogens is 472 g/mol. The van der Waals surface area contributed by atoms with Crippen molar-refractivity contribution in [2.24, 2.45) is 0 Å². The maximum Gasteiger partial charge on any atom is 0.274 e. The maximum atomic E-state index is 14.0. The molecule has 2 aliphatic heterocycles. The summed E-state index contributed by atoms with van der Waals surface area (Å²) in [4.78, 5) is 41.4. The fourth-order valence-corrected chi connectivity index (χ4v) is 4.36. The van der Waals surface area contributed by atoms with E-state index < -0.39 is 23.0 Å². The zero-order chi connectivity index (χ0) is 25.2. The van der Waals surface area contributed by atoms with Crippen LogP contribution in [0.3, 0.4) is 0 Å². The molecule has 186 valence electrons. The summed E-state index contributed by atoms with van der Waals surface area (Å²) >= 11 is 0. The largest absolute Gasteiger partial charge is 0.483 e. The molecule has 1 aromatic heterocycles. The van der Waals surface area contributed by atoms with E-state index in [-0.39, 0.29) is 47.7 Å². The molecule has 1 atom stereocenters. The number of nitrogens with zero attached hydrogens (tertiary/aromatic N) is 2. The van der Waals surface area contributed by atoms with Gasteiger partial charge in [-0.3, -0.25) is 14.4 Å². The van der Waals surface area contributed by atoms with Crippen LogP contribution >= 0.6 is 0 Å². The van der Waals surface area contributed by atoms with Gasteiger partial charge in [0.1, 0.15) is 23.8 Å². The molecule has 2 aromatic carbocycles. The maximum absolute atomic E-state index is 14.0. The summed E-state index contributed by atoms with van der Waals surface area (Å²) in [6, 6.07) is 11.8. The van der Waals surface area contributed by atoms with Gasteiger partial charge in [0.05, 0.1) is 19.3 Å². The van der Waals surface area contributed by atoms with Crippen LogP contribution in [0.25, 0.3) is 0 Å². The SMILES string of the molecule is O=C(NCc1ccc(F)cc1F)c1cn2c(c(OCc3ccccc3)c1=O)C(=O)N1CCOC[C@@H]2C1. The second-order valence-electron chi connectivity index (χ2n) is 8.63. The standard InChI is InChI=1S/C26H23F2N3O5/c27-18-7-6-17(21(28)10-18)11-29-25(33)20-13-31-19-12-30(8-9-35-15-19)26(34)22(31)24(23(20)32)36-14-16-4-2-1-3-5-16/h1-7,10,13,19H,8-9,11-12,14-15H2,(H,29,33)/t19-/m0/s1. The average molecular weight is 495 g/mol. The van der Waals surface area contributed by atoms with Crippen molar-refractivity contribution in [2.45, 2.75) is 19.2 Å². The van der Waals surface area contributed by atoms with Crippen molar-refractivity contribution in [1.29, 1.82) is 0 Å². The third-order valence-electron chi connectivity index (χ3n) is 6.25. The van der Waals surface area contributed by atoms with E-state index in [0.29, 0.717) is 32.4 Å². The molecule has 5 rings (SSSR count). The lowest BCUT2D eigenvalue weighted by molar-refractivity contribution is 0.0682. The second kappa shape index (κ2) is 9.90. The number of fused-ring (bicyclic) bond motifs is 4. The monoisotopic (exact) mass is 495 g/mol. The second-order valence-corrected chi connectivity index (χ2v) is 8.63. The summed E-state index contributed by atoms with van der Waals surface area (Å²) in [5.74, 6) is -2.92. The van der Waals surface area contributed by atoms with Crippen LogP contribution in [0.5, 0.6) is 5.75 Å². The predicted molar refractivity (Wildman–Crippen MR) is 125 cm³/mol. The topological polar surface area (TPSA) is 89.9 Å². The third-order valence-corrected chi connectivity index (χ3v) is 6.25. The molecular formula is C26H23F2N3O5. The van der Waals surface area contributed by atoms with Gasteiger partial charge in [-0.2, -0.15) is 0 Å². The highest BCUT2D eigenvalue weighted by molar-refractivity contribution is 5.99. The molecule has 2 bridgehead atoms. The van der Waals surface area contributed by atoms with Gasteiger partial charge in [0.15, 0.2) is 11.4 Å². The van der Waals surface area contributed by atoms with Crippen LogP contribution in [0, 0.1) is 11.6 Å². The van der Waals surface area contributed by atoms with E-state index >= 15 is 0 Å². The number of hydrogen-bond donors (Lipinski definition) is 1. The van der Waals surface area contributed by atoms with Crippen LogP contribution in [0.2, 0.25) is 0 Å². The van der Waals surface area contributed by atoms with E-state index in [1.54, 1.807) is 9.47 Å². The first-order valence-corrected chi connectivity index (χ1v) is 11.5. The normalized spacial score (nSPS) is 16.8. The van der Waals surface area contributed by atoms with Crippen molar-refractivity contribution in [1.82, 2.24) is 14.8 Å². The molecule has 0 spiro atoms. The van der Waals surface area contributed by atoms with Crippen LogP contribution in [0.15, 0.2) is 59.5 Å². The molecule has 8 nitrogen and oxygen atoms in total. The van der Waals surface area contributed by atoms with E-state index in [1.165, 1.54) is 12.3 Å². The number of carbonyl (C=O) groups is 2. The number of aromatic nitrogens is 1. The van der Waals surface area contributed by atoms with Crippen molar-refractivity contribution in [3.63, 3.8) is 0 Å². The van der Waals surface area contributed by atoms with E-state index in [9.17, 15) is 23.2 Å². The summed E-state index contributed by atoms with van der Waals surface area (Å²) in [5.41, 5.74) is -0.0926. The van der Waals surface area contributed by atoms with Crippen LogP contribution in [-0.2, 0) is 17.9 Å². The Morgan fingerprint density at radius 3 is 2.72 bits per heavy atom. The Bertz CT molecular complexity index is 1380. The number of ether oxygens (including phenoxy) is 2. The Morgan fingerprint density at radius 2 is 1.94 bits per heavy atom. The molecule has 2 amide bonds. The molecule has 1 fully saturated rings. The number of benzene rings is 2. The van der Waals surface area contributed by atoms with Crippen molar-refractivity contribution >= 4 is 11.8 Å². The number of nitrogens with one attached hydrogen (secondary N) is 1. The van der Waals surface area contributed by atoms with Gasteiger partial charge in [-0.25, -0.2) is 8.78 Å². The fraction of sp³-hybridized carbons (Fsp3) is 0.269. The highest BCUT2D eigenvalue weighted by atomic mass is 19.1. The van der Waals surface area contributed by atoms with E-state index in [2.05, 4.69) is 5.32 Å². The van der Waals surface area contributed by atoms with Gasteiger partial charge in [0.25, 0.3) is 11.8 Å². The van der Waals surface area contributed by atoms with Gasteiger partial charge in [-0.1, -0.05) is 36.4 Å². The minimum atomic E-state index is -0.814. The van der Waals surface area contributed by atoms with E-state index in [0.717, 1.165) is 11.6 Å². The van der Waals surface area contributed by atoms with E-state index in [4.69, 9.17) is 9.47 Å². The minimum absolute atomic E-state index is 0.0173. The number of rotatable bonds is 6. The lowest BCUT2D eigenvalue weighted by Gasteiger charge is -2.34. The summed E-state index contributed by atoms with van der Waals surface area (Å²) in [5, 5.41) is 2.51. The van der Waals surface area contributed by atoms with Crippen LogP contribution < -0.4 is 15.5 Å². The Hall–Kier alpha value is -4.05. The highest BCUT2D eigenvalue weighted by Gasteiger charge is 2.37. The van der Waals surface area contributed by atoms with Crippen molar-refractivity contribution in [2.75, 3.05) is 26.3 Å². The van der Waals surface area contributed by atoms with Crippen molar-refractivity contribution in [3.05, 3.63) is 99.0 Å². The van der Waals surface area contributed by atoms with Gasteiger partial charge >= 0.3 is 0 Å². The smallest absolute Gasteiger partial charge is 0.274 e. The summed E-state index contributed by atoms with van der Waals surface area (Å²) in [7, 11) is 0. The molecule has 3 heterocycles. The van der Waals surface area contributed by atoms with Crippen LogP contribution in [0.4, 0.5) is 8.78 Å². The number of pyridine rings is 1. The predicted octanol–water partition coefficient (Wildman–Crippen LogP) is 2.66. The first-order chi connectivity index (χ1) is 17.4. The number of carbonyl (C=O) groups excluding carboxylic acids is 2. The van der Waals surface area contributed by atoms with Gasteiger partial charge in [-0.15, -0.1) is 0 Å². The quantitative estimate of drug-likeness (QED) is 0.568. The molecule has 1 saturated heterocycles. The van der Waals surface area contributed by atoms with Gasteiger partial charge in [0.2, 0.25) is 5.43 Å². The third kappa shape index (κ3) is 4.59. The zero-order valence-electron chi connectivity index (χ0n) is 19.2. The lowest BCUT2D eigenvalue weighted by Crippen LogP contribution is -2.45. The first kappa shape index (κ1) is 23.7. The average Bonchev–Trinajstić information content (AvgIpc) is 3.10. The Kier molecular flexibility index (Phi) is 6.51.